The molecule has 0 bridgehead atoms. The van der Waals surface area contributed by atoms with E-state index < -0.39 is 0 Å². The summed E-state index contributed by atoms with van der Waals surface area (Å²) in [7, 11) is 1.57. The molecule has 0 N–H and O–H groups in total. The molecule has 0 spiro atoms. The molecule has 2 aromatic carbocycles. The molecule has 0 atom stereocenters. The van der Waals surface area contributed by atoms with Crippen molar-refractivity contribution in [3.63, 3.8) is 0 Å². The quantitative estimate of drug-likeness (QED) is 0.806. The molecule has 3 rings (SSSR count). The lowest BCUT2D eigenvalue weighted by molar-refractivity contribution is 0.249. The fourth-order valence-electron chi connectivity index (χ4n) is 3.56. The third kappa shape index (κ3) is 4.69. The van der Waals surface area contributed by atoms with Crippen LogP contribution < -0.4 is 15.1 Å². The number of piperazine rings is 1. The maximum absolute atomic E-state index is 12.8. The molecule has 0 radical (unpaired) electrons. The van der Waals surface area contributed by atoms with Gasteiger partial charge in [-0.25, -0.2) is 0 Å². The molecule has 144 valence electrons. The van der Waals surface area contributed by atoms with Gasteiger partial charge in [0, 0.05) is 44.0 Å². The van der Waals surface area contributed by atoms with Crippen LogP contribution in [0.5, 0.6) is 5.75 Å². The van der Waals surface area contributed by atoms with Gasteiger partial charge >= 0.3 is 0 Å². The van der Waals surface area contributed by atoms with E-state index in [1.807, 2.05) is 12.1 Å². The first kappa shape index (κ1) is 19.4. The minimum atomic E-state index is 0.00511. The van der Waals surface area contributed by atoms with Gasteiger partial charge in [-0.3, -0.25) is 9.69 Å². The maximum atomic E-state index is 12.8. The number of anilines is 1. The highest BCUT2D eigenvalue weighted by Crippen LogP contribution is 2.20. The first-order chi connectivity index (χ1) is 13.0. The number of benzene rings is 1. The van der Waals surface area contributed by atoms with Crippen molar-refractivity contribution < 1.29 is 4.74 Å². The Morgan fingerprint density at radius 3 is 2.41 bits per heavy atom. The second-order valence-electron chi connectivity index (χ2n) is 7.66. The summed E-state index contributed by atoms with van der Waals surface area (Å²) in [5, 5.41) is 0. The topological polar surface area (TPSA) is 32.8 Å². The smallest absolute Gasteiger partial charge is 0.224 e. The Morgan fingerprint density at radius 1 is 1.04 bits per heavy atom. The fraction of sp³-hybridized carbons (Fsp3) is 0.435. The predicted molar refractivity (Wildman–Crippen MR) is 112 cm³/mol. The molecular weight excluding hydrogens is 336 g/mol. The van der Waals surface area contributed by atoms with Crippen molar-refractivity contribution in [1.29, 1.82) is 0 Å². The molecule has 0 aliphatic carbocycles. The van der Waals surface area contributed by atoms with Crippen LogP contribution >= 0.6 is 0 Å². The van der Waals surface area contributed by atoms with Crippen molar-refractivity contribution in [1.82, 2.24) is 4.90 Å². The molecule has 2 aromatic rings. The van der Waals surface area contributed by atoms with Crippen LogP contribution in [0.1, 0.15) is 36.5 Å². The molecule has 4 nitrogen and oxygen atoms in total. The summed E-state index contributed by atoms with van der Waals surface area (Å²) in [5.41, 5.74) is 4.51. The van der Waals surface area contributed by atoms with Gasteiger partial charge in [0.2, 0.25) is 5.43 Å². The SMILES string of the molecule is COc1cc(C(C)C)ccc(CN2CCN(c3cccc(C)c3)CC2)c1=O. The normalized spacial score (nSPS) is 15.2. The lowest BCUT2D eigenvalue weighted by atomic mass is 10.1. The highest BCUT2D eigenvalue weighted by molar-refractivity contribution is 5.48. The molecule has 1 heterocycles. The summed E-state index contributed by atoms with van der Waals surface area (Å²) in [6.07, 6.45) is 0. The van der Waals surface area contributed by atoms with Gasteiger partial charge in [0.05, 0.1) is 7.11 Å². The van der Waals surface area contributed by atoms with Crippen molar-refractivity contribution in [3.8, 4) is 5.75 Å². The summed E-state index contributed by atoms with van der Waals surface area (Å²) < 4.78 is 5.37. The Balaban J connectivity index is 1.72. The van der Waals surface area contributed by atoms with Gasteiger partial charge in [0.25, 0.3) is 0 Å². The lowest BCUT2D eigenvalue weighted by Crippen LogP contribution is -2.46. The van der Waals surface area contributed by atoms with Crippen LogP contribution in [0.2, 0.25) is 0 Å². The number of methoxy groups -OCH3 is 1. The van der Waals surface area contributed by atoms with Gasteiger partial charge in [-0.15, -0.1) is 0 Å². The molecule has 4 heteroatoms. The van der Waals surface area contributed by atoms with E-state index in [0.29, 0.717) is 18.2 Å². The van der Waals surface area contributed by atoms with E-state index in [2.05, 4.69) is 60.9 Å². The van der Waals surface area contributed by atoms with Gasteiger partial charge in [-0.2, -0.15) is 0 Å². The zero-order valence-corrected chi connectivity index (χ0v) is 16.9. The number of hydrogen-bond donors (Lipinski definition) is 0. The summed E-state index contributed by atoms with van der Waals surface area (Å²) >= 11 is 0. The van der Waals surface area contributed by atoms with Crippen molar-refractivity contribution >= 4 is 5.69 Å². The molecule has 1 aliphatic rings. The number of aryl methyl sites for hydroxylation is 1. The van der Waals surface area contributed by atoms with Crippen LogP contribution in [-0.2, 0) is 6.54 Å². The van der Waals surface area contributed by atoms with Gasteiger partial charge in [-0.05, 0) is 42.2 Å². The Morgan fingerprint density at radius 2 is 1.78 bits per heavy atom. The zero-order chi connectivity index (χ0) is 19.4. The van der Waals surface area contributed by atoms with Crippen LogP contribution in [-0.4, -0.2) is 38.2 Å². The number of nitrogens with zero attached hydrogens (tertiary/aromatic N) is 2. The van der Waals surface area contributed by atoms with Gasteiger partial charge in [-0.1, -0.05) is 38.1 Å². The predicted octanol–water partition coefficient (Wildman–Crippen LogP) is 3.81. The Hall–Kier alpha value is -2.33. The monoisotopic (exact) mass is 366 g/mol. The third-order valence-corrected chi connectivity index (χ3v) is 5.31. The third-order valence-electron chi connectivity index (χ3n) is 5.31. The molecular formula is C23H30N2O2. The molecule has 0 amide bonds. The summed E-state index contributed by atoms with van der Waals surface area (Å²) in [6.45, 7) is 10.9. The van der Waals surface area contributed by atoms with Crippen molar-refractivity contribution in [2.75, 3.05) is 38.2 Å². The minimum Gasteiger partial charge on any atom is -0.493 e. The standard InChI is InChI=1S/C23H30N2O2/c1-17(2)19-8-9-20(23(26)22(15-19)27-4)16-24-10-12-25(13-11-24)21-7-5-6-18(3)14-21/h5-9,14-15,17H,10-13,16H2,1-4H3. The average molecular weight is 367 g/mol. The van der Waals surface area contributed by atoms with Crippen molar-refractivity contribution in [2.45, 2.75) is 33.2 Å². The van der Waals surface area contributed by atoms with E-state index in [1.54, 1.807) is 7.11 Å². The van der Waals surface area contributed by atoms with Crippen LogP contribution in [0.25, 0.3) is 0 Å². The minimum absolute atomic E-state index is 0.00511. The Labute approximate surface area is 162 Å². The number of rotatable bonds is 5. The average Bonchev–Trinajstić information content (AvgIpc) is 2.82. The number of ether oxygens (including phenoxy) is 1. The highest BCUT2D eigenvalue weighted by atomic mass is 16.5. The first-order valence-corrected chi connectivity index (χ1v) is 9.73. The molecule has 1 saturated heterocycles. The van der Waals surface area contributed by atoms with Crippen LogP contribution in [0.4, 0.5) is 5.69 Å². The fourth-order valence-corrected chi connectivity index (χ4v) is 3.56. The van der Waals surface area contributed by atoms with E-state index in [-0.39, 0.29) is 5.43 Å². The van der Waals surface area contributed by atoms with Crippen LogP contribution in [0.3, 0.4) is 0 Å². The molecule has 1 aliphatic heterocycles. The van der Waals surface area contributed by atoms with Crippen LogP contribution in [0.15, 0.2) is 47.3 Å². The van der Waals surface area contributed by atoms with Crippen molar-refractivity contribution in [2.24, 2.45) is 0 Å². The summed E-state index contributed by atoms with van der Waals surface area (Å²) in [6, 6.07) is 14.6. The highest BCUT2D eigenvalue weighted by Gasteiger charge is 2.19. The second-order valence-corrected chi connectivity index (χ2v) is 7.66. The molecule has 0 unspecified atom stereocenters. The molecule has 1 fully saturated rings. The van der Waals surface area contributed by atoms with E-state index in [0.717, 1.165) is 37.3 Å². The zero-order valence-electron chi connectivity index (χ0n) is 16.9. The van der Waals surface area contributed by atoms with Crippen molar-refractivity contribution in [3.05, 3.63) is 69.4 Å². The van der Waals surface area contributed by atoms with Crippen LogP contribution in [0, 0.1) is 6.92 Å². The van der Waals surface area contributed by atoms with E-state index in [1.165, 1.54) is 11.3 Å². The molecule has 0 aromatic heterocycles. The summed E-state index contributed by atoms with van der Waals surface area (Å²) in [5.74, 6) is 0.800. The first-order valence-electron chi connectivity index (χ1n) is 9.73. The van der Waals surface area contributed by atoms with Gasteiger partial charge in [0.1, 0.15) is 0 Å². The maximum Gasteiger partial charge on any atom is 0.224 e. The van der Waals surface area contributed by atoms with E-state index in [4.69, 9.17) is 4.74 Å². The Kier molecular flexibility index (Phi) is 6.17. The molecule has 27 heavy (non-hydrogen) atoms. The van der Waals surface area contributed by atoms with E-state index >= 15 is 0 Å². The summed E-state index contributed by atoms with van der Waals surface area (Å²) in [4.78, 5) is 17.6. The number of hydrogen-bond acceptors (Lipinski definition) is 4. The second kappa shape index (κ2) is 8.57. The van der Waals surface area contributed by atoms with Gasteiger partial charge in [0.15, 0.2) is 5.75 Å². The van der Waals surface area contributed by atoms with E-state index in [9.17, 15) is 4.79 Å². The Bertz CT molecular complexity index is 840. The van der Waals surface area contributed by atoms with Gasteiger partial charge < -0.3 is 9.64 Å². The lowest BCUT2D eigenvalue weighted by Gasteiger charge is -2.36. The molecule has 0 saturated carbocycles. The largest absolute Gasteiger partial charge is 0.493 e.